The van der Waals surface area contributed by atoms with E-state index in [2.05, 4.69) is 23.4 Å². The zero-order valence-corrected chi connectivity index (χ0v) is 16.2. The van der Waals surface area contributed by atoms with E-state index in [1.807, 2.05) is 81.4 Å². The van der Waals surface area contributed by atoms with Crippen molar-refractivity contribution in [1.82, 2.24) is 0 Å². The molecule has 5 heteroatoms. The van der Waals surface area contributed by atoms with Crippen molar-refractivity contribution < 1.29 is 0 Å². The zero-order chi connectivity index (χ0) is 20.2. The molecule has 27 heavy (non-hydrogen) atoms. The molecule has 0 radical (unpaired) electrons. The predicted molar refractivity (Wildman–Crippen MR) is 111 cm³/mol. The van der Waals surface area contributed by atoms with Crippen molar-refractivity contribution in [2.24, 2.45) is 9.98 Å². The van der Waals surface area contributed by atoms with Crippen LogP contribution in [0.4, 0.5) is 5.69 Å². The van der Waals surface area contributed by atoms with Gasteiger partial charge in [-0.1, -0.05) is 24.3 Å². The number of nitrogens with zero attached hydrogens (tertiary/aromatic N) is 5. The Kier molecular flexibility index (Phi) is 5.78. The Bertz CT molecular complexity index is 920. The number of aryl methyl sites for hydroxylation is 2. The lowest BCUT2D eigenvalue weighted by Gasteiger charge is -2.29. The molecule has 0 aliphatic rings. The number of benzene rings is 2. The van der Waals surface area contributed by atoms with Crippen LogP contribution in [0.2, 0.25) is 0 Å². The molecule has 0 atom stereocenters. The van der Waals surface area contributed by atoms with E-state index in [1.165, 1.54) is 0 Å². The van der Waals surface area contributed by atoms with Gasteiger partial charge in [0.2, 0.25) is 0 Å². The highest BCUT2D eigenvalue weighted by atomic mass is 15.1. The quantitative estimate of drug-likeness (QED) is 0.730. The molecule has 5 nitrogen and oxygen atoms in total. The van der Waals surface area contributed by atoms with Gasteiger partial charge < -0.3 is 4.90 Å². The summed E-state index contributed by atoms with van der Waals surface area (Å²) in [6, 6.07) is 15.8. The fourth-order valence-electron chi connectivity index (χ4n) is 3.24. The number of anilines is 1. The van der Waals surface area contributed by atoms with Crippen molar-refractivity contribution in [3.05, 3.63) is 64.2 Å². The van der Waals surface area contributed by atoms with Crippen molar-refractivity contribution in [3.63, 3.8) is 0 Å². The molecule has 2 aromatic carbocycles. The molecule has 0 saturated heterocycles. The lowest BCUT2D eigenvalue weighted by Crippen LogP contribution is -2.24. The second-order valence-electron chi connectivity index (χ2n) is 6.64. The van der Waals surface area contributed by atoms with E-state index in [9.17, 15) is 10.5 Å². The van der Waals surface area contributed by atoms with Gasteiger partial charge in [0, 0.05) is 30.9 Å². The van der Waals surface area contributed by atoms with Crippen molar-refractivity contribution >= 4 is 19.1 Å². The summed E-state index contributed by atoms with van der Waals surface area (Å²) < 4.78 is 0. The molecular formula is C22H23N5. The van der Waals surface area contributed by atoms with Crippen LogP contribution in [0.25, 0.3) is 0 Å². The summed E-state index contributed by atoms with van der Waals surface area (Å²) in [5.74, 6) is -0.806. The summed E-state index contributed by atoms with van der Waals surface area (Å²) in [7, 11) is 3.96. The fraction of sp³-hybridized carbons (Fsp3) is 0.273. The van der Waals surface area contributed by atoms with E-state index >= 15 is 0 Å². The molecule has 136 valence electrons. The van der Waals surface area contributed by atoms with Gasteiger partial charge in [0.25, 0.3) is 0 Å². The van der Waals surface area contributed by atoms with Gasteiger partial charge in [0.05, 0.1) is 12.1 Å². The fourth-order valence-corrected chi connectivity index (χ4v) is 3.24. The molecule has 0 saturated carbocycles. The summed E-state index contributed by atoms with van der Waals surface area (Å²) in [6.45, 7) is 11.4. The summed E-state index contributed by atoms with van der Waals surface area (Å²) in [5.41, 5.74) is 4.12. The molecule has 0 fully saturated rings. The molecule has 0 amide bonds. The van der Waals surface area contributed by atoms with Gasteiger partial charge >= 0.3 is 0 Å². The van der Waals surface area contributed by atoms with Crippen LogP contribution in [0.3, 0.4) is 0 Å². The standard InChI is InChI=1S/C22H23N5/c1-15-12-21(16(2)11-20(15)17(13-23)14-24)22(25-3,26-4)18-7-9-19(10-8-18)27(5)6/h7-12,17H,3-4H2,1-2,5-6H3. The maximum atomic E-state index is 9.23. The van der Waals surface area contributed by atoms with Crippen molar-refractivity contribution in [1.29, 1.82) is 10.5 Å². The Labute approximate surface area is 160 Å². The molecular weight excluding hydrogens is 334 g/mol. The van der Waals surface area contributed by atoms with Gasteiger partial charge in [-0.25, -0.2) is 0 Å². The Morgan fingerprint density at radius 1 is 0.963 bits per heavy atom. The van der Waals surface area contributed by atoms with Crippen LogP contribution in [-0.2, 0) is 5.66 Å². The highest BCUT2D eigenvalue weighted by Gasteiger charge is 2.34. The van der Waals surface area contributed by atoms with Gasteiger partial charge in [-0.15, -0.1) is 0 Å². The first kappa shape index (κ1) is 19.9. The SMILES string of the molecule is C=NC(N=C)(c1ccc(N(C)C)cc1)c1cc(C)c(C(C#N)C#N)cc1C. The Morgan fingerprint density at radius 3 is 1.96 bits per heavy atom. The number of rotatable bonds is 6. The van der Waals surface area contributed by atoms with Crippen molar-refractivity contribution in [2.45, 2.75) is 25.4 Å². The monoisotopic (exact) mass is 357 g/mol. The molecule has 0 unspecified atom stereocenters. The van der Waals surface area contributed by atoms with E-state index in [1.54, 1.807) is 0 Å². The second-order valence-corrected chi connectivity index (χ2v) is 6.64. The molecule has 0 heterocycles. The van der Waals surface area contributed by atoms with E-state index in [-0.39, 0.29) is 0 Å². The summed E-state index contributed by atoms with van der Waals surface area (Å²) >= 11 is 0. The first-order valence-corrected chi connectivity index (χ1v) is 8.49. The normalized spacial score (nSPS) is 10.8. The lowest BCUT2D eigenvalue weighted by atomic mass is 9.84. The summed E-state index contributed by atoms with van der Waals surface area (Å²) in [6.07, 6.45) is 0. The maximum absolute atomic E-state index is 9.23. The zero-order valence-electron chi connectivity index (χ0n) is 16.2. The minimum Gasteiger partial charge on any atom is -0.378 e. The Morgan fingerprint density at radius 2 is 1.52 bits per heavy atom. The molecule has 0 bridgehead atoms. The number of aliphatic imine (C=N–C) groups is 2. The maximum Gasteiger partial charge on any atom is 0.200 e. The van der Waals surface area contributed by atoms with Gasteiger partial charge in [0.1, 0.15) is 0 Å². The summed E-state index contributed by atoms with van der Waals surface area (Å²) in [4.78, 5) is 10.7. The van der Waals surface area contributed by atoms with Crippen LogP contribution in [0.15, 0.2) is 46.4 Å². The molecule has 2 aromatic rings. The number of hydrogen-bond donors (Lipinski definition) is 0. The summed E-state index contributed by atoms with van der Waals surface area (Å²) in [5, 5.41) is 18.5. The highest BCUT2D eigenvalue weighted by molar-refractivity contribution is 5.55. The van der Waals surface area contributed by atoms with E-state index in [4.69, 9.17) is 0 Å². The van der Waals surface area contributed by atoms with Crippen molar-refractivity contribution in [3.8, 4) is 12.1 Å². The van der Waals surface area contributed by atoms with Crippen LogP contribution in [0, 0.1) is 36.5 Å². The third-order valence-electron chi connectivity index (χ3n) is 4.80. The molecule has 0 aliphatic heterocycles. The predicted octanol–water partition coefficient (Wildman–Crippen LogP) is 4.10. The molecule has 0 spiro atoms. The highest BCUT2D eigenvalue weighted by Crippen LogP contribution is 2.39. The number of nitriles is 2. The van der Waals surface area contributed by atoms with E-state index < -0.39 is 11.6 Å². The molecule has 0 N–H and O–H groups in total. The Balaban J connectivity index is 2.68. The average Bonchev–Trinajstić information content (AvgIpc) is 2.67. The van der Waals surface area contributed by atoms with Crippen LogP contribution in [0.1, 0.15) is 33.7 Å². The minimum atomic E-state index is -1.05. The van der Waals surface area contributed by atoms with Crippen LogP contribution in [-0.4, -0.2) is 27.5 Å². The van der Waals surface area contributed by atoms with Gasteiger partial charge in [0.15, 0.2) is 11.6 Å². The average molecular weight is 357 g/mol. The largest absolute Gasteiger partial charge is 0.378 e. The van der Waals surface area contributed by atoms with Crippen LogP contribution < -0.4 is 4.90 Å². The third-order valence-corrected chi connectivity index (χ3v) is 4.80. The van der Waals surface area contributed by atoms with Crippen molar-refractivity contribution in [2.75, 3.05) is 19.0 Å². The molecule has 2 rings (SSSR count). The molecule has 0 aromatic heterocycles. The van der Waals surface area contributed by atoms with Gasteiger partial charge in [-0.05, 0) is 56.1 Å². The topological polar surface area (TPSA) is 75.5 Å². The second kappa shape index (κ2) is 7.85. The minimum absolute atomic E-state index is 0.700. The molecule has 0 aliphatic carbocycles. The first-order valence-electron chi connectivity index (χ1n) is 8.49. The number of hydrogen-bond acceptors (Lipinski definition) is 5. The Hall–Kier alpha value is -3.44. The van der Waals surface area contributed by atoms with Gasteiger partial charge in [-0.2, -0.15) is 10.5 Å². The van der Waals surface area contributed by atoms with E-state index in [0.717, 1.165) is 27.9 Å². The third kappa shape index (κ3) is 3.45. The van der Waals surface area contributed by atoms with Crippen LogP contribution >= 0.6 is 0 Å². The first-order chi connectivity index (χ1) is 12.8. The van der Waals surface area contributed by atoms with Crippen LogP contribution in [0.5, 0.6) is 0 Å². The smallest absolute Gasteiger partial charge is 0.200 e. The van der Waals surface area contributed by atoms with E-state index in [0.29, 0.717) is 5.56 Å². The lowest BCUT2D eigenvalue weighted by molar-refractivity contribution is 0.580. The van der Waals surface area contributed by atoms with Gasteiger partial charge in [-0.3, -0.25) is 9.98 Å².